The molecule has 1 aromatic heterocycles. The third kappa shape index (κ3) is 5.60. The molecule has 2 aliphatic rings. The second-order valence-electron chi connectivity index (χ2n) is 6.06. The van der Waals surface area contributed by atoms with Gasteiger partial charge in [-0.1, -0.05) is 6.07 Å². The summed E-state index contributed by atoms with van der Waals surface area (Å²) in [5.41, 5.74) is 0. The second-order valence-corrected chi connectivity index (χ2v) is 9.32. The van der Waals surface area contributed by atoms with Crippen LogP contribution < -0.4 is 5.32 Å². The average Bonchev–Trinajstić information content (AvgIpc) is 3.20. The normalized spacial score (nSPS) is 23.7. The number of rotatable bonds is 4. The van der Waals surface area contributed by atoms with Crippen LogP contribution in [0.25, 0.3) is 0 Å². The molecule has 0 spiro atoms. The van der Waals surface area contributed by atoms with Crippen LogP contribution in [-0.2, 0) is 16.4 Å². The van der Waals surface area contributed by atoms with Crippen LogP contribution in [0.3, 0.4) is 0 Å². The van der Waals surface area contributed by atoms with Crippen LogP contribution in [-0.4, -0.2) is 50.4 Å². The Morgan fingerprint density at radius 1 is 1.39 bits per heavy atom. The average molecular weight is 469 g/mol. The molecule has 1 aromatic rings. The van der Waals surface area contributed by atoms with Crippen molar-refractivity contribution in [1.82, 2.24) is 10.2 Å². The van der Waals surface area contributed by atoms with E-state index in [1.165, 1.54) is 17.7 Å². The Kier molecular flexibility index (Phi) is 7.15. The maximum Gasteiger partial charge on any atom is 0.194 e. The zero-order valence-corrected chi connectivity index (χ0v) is 17.1. The summed E-state index contributed by atoms with van der Waals surface area (Å²) >= 11 is 1.72. The van der Waals surface area contributed by atoms with E-state index in [9.17, 15) is 8.42 Å². The maximum atomic E-state index is 11.6. The topological polar surface area (TPSA) is 61.8 Å². The Morgan fingerprint density at radius 3 is 2.78 bits per heavy atom. The van der Waals surface area contributed by atoms with Gasteiger partial charge in [0.2, 0.25) is 0 Å². The SMILES string of the molecule is I.O=S1(=O)CCC(CNC(=NCc2cccs2)N2CCCC2)C1. The highest BCUT2D eigenvalue weighted by Gasteiger charge is 2.28. The van der Waals surface area contributed by atoms with Crippen LogP contribution in [0, 0.1) is 5.92 Å². The molecular formula is C15H24IN3O2S2. The monoisotopic (exact) mass is 469 g/mol. The molecule has 0 radical (unpaired) electrons. The molecule has 0 bridgehead atoms. The first kappa shape index (κ1) is 19.0. The number of thiophene rings is 1. The molecule has 2 saturated heterocycles. The minimum absolute atomic E-state index is 0. The van der Waals surface area contributed by atoms with Gasteiger partial charge in [-0.3, -0.25) is 0 Å². The molecule has 3 rings (SSSR count). The van der Waals surface area contributed by atoms with E-state index in [1.807, 2.05) is 6.07 Å². The predicted octanol–water partition coefficient (Wildman–Crippen LogP) is 2.34. The van der Waals surface area contributed by atoms with Gasteiger partial charge >= 0.3 is 0 Å². The van der Waals surface area contributed by atoms with Gasteiger partial charge in [0.05, 0.1) is 18.1 Å². The van der Waals surface area contributed by atoms with Crippen LogP contribution in [0.5, 0.6) is 0 Å². The van der Waals surface area contributed by atoms with Crippen molar-refractivity contribution in [2.24, 2.45) is 10.9 Å². The van der Waals surface area contributed by atoms with E-state index in [2.05, 4.69) is 21.7 Å². The number of nitrogens with one attached hydrogen (secondary N) is 1. The number of halogens is 1. The van der Waals surface area contributed by atoms with Gasteiger partial charge in [-0.05, 0) is 36.6 Å². The summed E-state index contributed by atoms with van der Waals surface area (Å²) < 4.78 is 23.1. The molecule has 0 saturated carbocycles. The molecular weight excluding hydrogens is 445 g/mol. The van der Waals surface area contributed by atoms with Crippen molar-refractivity contribution >= 4 is 51.1 Å². The molecule has 130 valence electrons. The van der Waals surface area contributed by atoms with E-state index in [1.54, 1.807) is 11.3 Å². The molecule has 5 nitrogen and oxygen atoms in total. The lowest BCUT2D eigenvalue weighted by atomic mass is 10.1. The largest absolute Gasteiger partial charge is 0.356 e. The number of hydrogen-bond acceptors (Lipinski definition) is 4. The van der Waals surface area contributed by atoms with Crippen molar-refractivity contribution in [2.45, 2.75) is 25.8 Å². The van der Waals surface area contributed by atoms with Gasteiger partial charge in [0.1, 0.15) is 0 Å². The molecule has 2 aliphatic heterocycles. The first-order valence-electron chi connectivity index (χ1n) is 7.88. The predicted molar refractivity (Wildman–Crippen MR) is 106 cm³/mol. The number of likely N-dealkylation sites (tertiary alicyclic amines) is 1. The van der Waals surface area contributed by atoms with Crippen LogP contribution in [0.4, 0.5) is 0 Å². The summed E-state index contributed by atoms with van der Waals surface area (Å²) in [5, 5.41) is 5.49. The summed E-state index contributed by atoms with van der Waals surface area (Å²) in [6.45, 7) is 3.48. The van der Waals surface area contributed by atoms with Crippen LogP contribution >= 0.6 is 35.3 Å². The van der Waals surface area contributed by atoms with Gasteiger partial charge in [0.25, 0.3) is 0 Å². The van der Waals surface area contributed by atoms with Crippen LogP contribution in [0.2, 0.25) is 0 Å². The van der Waals surface area contributed by atoms with Crippen molar-refractivity contribution < 1.29 is 8.42 Å². The number of sulfone groups is 1. The highest BCUT2D eigenvalue weighted by Crippen LogP contribution is 2.18. The summed E-state index contributed by atoms with van der Waals surface area (Å²) in [4.78, 5) is 8.28. The molecule has 1 N–H and O–H groups in total. The Bertz CT molecular complexity index is 611. The standard InChI is InChI=1S/C15H23N3O2S2.HI/c19-22(20)9-5-13(12-22)10-16-15(18-6-1-2-7-18)17-11-14-4-3-8-21-14;/h3-4,8,13H,1-2,5-7,9-12H2,(H,16,17);1H. The van der Waals surface area contributed by atoms with Gasteiger partial charge in [-0.25, -0.2) is 13.4 Å². The highest BCUT2D eigenvalue weighted by molar-refractivity contribution is 14.0. The van der Waals surface area contributed by atoms with Gasteiger partial charge in [0.15, 0.2) is 15.8 Å². The zero-order valence-electron chi connectivity index (χ0n) is 13.1. The fourth-order valence-corrected chi connectivity index (χ4v) is 5.51. The van der Waals surface area contributed by atoms with Crippen molar-refractivity contribution in [3.05, 3.63) is 22.4 Å². The van der Waals surface area contributed by atoms with Crippen molar-refractivity contribution in [3.8, 4) is 0 Å². The first-order valence-corrected chi connectivity index (χ1v) is 10.6. The minimum Gasteiger partial charge on any atom is -0.356 e. The summed E-state index contributed by atoms with van der Waals surface area (Å²) in [7, 11) is -2.80. The van der Waals surface area contributed by atoms with E-state index >= 15 is 0 Å². The number of nitrogens with zero attached hydrogens (tertiary/aromatic N) is 2. The lowest BCUT2D eigenvalue weighted by Crippen LogP contribution is -2.42. The summed E-state index contributed by atoms with van der Waals surface area (Å²) in [6.07, 6.45) is 3.18. The van der Waals surface area contributed by atoms with Gasteiger partial charge in [-0.15, -0.1) is 35.3 Å². The molecule has 8 heteroatoms. The highest BCUT2D eigenvalue weighted by atomic mass is 127. The summed E-state index contributed by atoms with van der Waals surface area (Å²) in [5.74, 6) is 1.82. The Balaban J connectivity index is 0.00000192. The Labute approximate surface area is 159 Å². The fourth-order valence-electron chi connectivity index (χ4n) is 3.02. The fraction of sp³-hybridized carbons (Fsp3) is 0.667. The molecule has 2 fully saturated rings. The van der Waals surface area contributed by atoms with Crippen molar-refractivity contribution in [2.75, 3.05) is 31.1 Å². The van der Waals surface area contributed by atoms with Crippen LogP contribution in [0.1, 0.15) is 24.1 Å². The lowest BCUT2D eigenvalue weighted by molar-refractivity contribution is 0.475. The van der Waals surface area contributed by atoms with E-state index in [0.717, 1.165) is 25.5 Å². The number of guanidine groups is 1. The molecule has 1 unspecified atom stereocenters. The van der Waals surface area contributed by atoms with E-state index < -0.39 is 9.84 Å². The summed E-state index contributed by atoms with van der Waals surface area (Å²) in [6, 6.07) is 4.14. The van der Waals surface area contributed by atoms with Gasteiger partial charge < -0.3 is 10.2 Å². The molecule has 3 heterocycles. The van der Waals surface area contributed by atoms with Gasteiger partial charge in [0, 0.05) is 24.5 Å². The van der Waals surface area contributed by atoms with E-state index in [-0.39, 0.29) is 29.9 Å². The minimum atomic E-state index is -2.80. The second kappa shape index (κ2) is 8.66. The third-order valence-corrected chi connectivity index (χ3v) is 6.94. The third-order valence-electron chi connectivity index (χ3n) is 4.25. The first-order chi connectivity index (χ1) is 10.6. The quantitative estimate of drug-likeness (QED) is 0.418. The van der Waals surface area contributed by atoms with E-state index in [4.69, 9.17) is 4.99 Å². The molecule has 0 amide bonds. The molecule has 0 aromatic carbocycles. The van der Waals surface area contributed by atoms with E-state index in [0.29, 0.717) is 24.6 Å². The lowest BCUT2D eigenvalue weighted by Gasteiger charge is -2.22. The van der Waals surface area contributed by atoms with Crippen molar-refractivity contribution in [1.29, 1.82) is 0 Å². The Hall–Kier alpha value is -0.350. The smallest absolute Gasteiger partial charge is 0.194 e. The van der Waals surface area contributed by atoms with Crippen molar-refractivity contribution in [3.63, 3.8) is 0 Å². The zero-order chi connectivity index (χ0) is 15.4. The molecule has 0 aliphatic carbocycles. The molecule has 23 heavy (non-hydrogen) atoms. The van der Waals surface area contributed by atoms with Crippen LogP contribution in [0.15, 0.2) is 22.5 Å². The maximum absolute atomic E-state index is 11.6. The molecule has 1 atom stereocenters. The number of aliphatic imine (C=N–C) groups is 1. The van der Waals surface area contributed by atoms with Gasteiger partial charge in [-0.2, -0.15) is 0 Å². The number of hydrogen-bond donors (Lipinski definition) is 1. The Morgan fingerprint density at radius 2 is 2.17 bits per heavy atom.